The molecule has 0 unspecified atom stereocenters. The first kappa shape index (κ1) is 7.08. The standard InChI is InChI=1S/C6H8O2/c1-5(7)3-4-6(2)8/h3-4H,1-2H3/b4-3-. The topological polar surface area (TPSA) is 34.1 Å². The lowest BCUT2D eigenvalue weighted by atomic mass is 10.3. The van der Waals surface area contributed by atoms with E-state index in [1.165, 1.54) is 26.0 Å². The van der Waals surface area contributed by atoms with Gasteiger partial charge in [-0.05, 0) is 26.0 Å². The van der Waals surface area contributed by atoms with Crippen LogP contribution in [0.3, 0.4) is 0 Å². The van der Waals surface area contributed by atoms with Crippen molar-refractivity contribution < 1.29 is 9.59 Å². The molecule has 0 aliphatic rings. The molecule has 0 radical (unpaired) electrons. The van der Waals surface area contributed by atoms with Crippen LogP contribution in [-0.4, -0.2) is 11.6 Å². The molecule has 44 valence electrons. The summed E-state index contributed by atoms with van der Waals surface area (Å²) in [5.74, 6) is -0.194. The molecular formula is C6H8O2. The maximum absolute atomic E-state index is 10.1. The lowest BCUT2D eigenvalue weighted by Gasteiger charge is -1.74. The molecule has 0 aromatic heterocycles. The molecule has 0 rings (SSSR count). The third-order valence-electron chi connectivity index (χ3n) is 0.553. The van der Waals surface area contributed by atoms with Crippen molar-refractivity contribution in [2.24, 2.45) is 0 Å². The molecule has 0 aromatic rings. The van der Waals surface area contributed by atoms with Crippen molar-refractivity contribution in [3.63, 3.8) is 0 Å². The van der Waals surface area contributed by atoms with Crippen molar-refractivity contribution in [2.45, 2.75) is 13.8 Å². The van der Waals surface area contributed by atoms with Crippen LogP contribution in [0.2, 0.25) is 0 Å². The quantitative estimate of drug-likeness (QED) is 0.493. The monoisotopic (exact) mass is 112 g/mol. The zero-order valence-corrected chi connectivity index (χ0v) is 4.97. The lowest BCUT2D eigenvalue weighted by molar-refractivity contribution is -0.114. The van der Waals surface area contributed by atoms with Gasteiger partial charge in [-0.1, -0.05) is 0 Å². The van der Waals surface area contributed by atoms with Gasteiger partial charge in [0.05, 0.1) is 0 Å². The van der Waals surface area contributed by atoms with Gasteiger partial charge in [0, 0.05) is 0 Å². The highest BCUT2D eigenvalue weighted by molar-refractivity contribution is 5.96. The molecular weight excluding hydrogens is 104 g/mol. The van der Waals surface area contributed by atoms with E-state index >= 15 is 0 Å². The fourth-order valence-corrected chi connectivity index (χ4v) is 0.235. The first-order chi connectivity index (χ1) is 3.63. The summed E-state index contributed by atoms with van der Waals surface area (Å²) in [5, 5.41) is 0. The van der Waals surface area contributed by atoms with Gasteiger partial charge >= 0.3 is 0 Å². The molecule has 0 aliphatic carbocycles. The van der Waals surface area contributed by atoms with Gasteiger partial charge in [0.1, 0.15) is 0 Å². The van der Waals surface area contributed by atoms with E-state index in [2.05, 4.69) is 0 Å². The number of hydrogen-bond donors (Lipinski definition) is 0. The molecule has 0 atom stereocenters. The molecule has 0 N–H and O–H groups in total. The molecule has 0 spiro atoms. The summed E-state index contributed by atoms with van der Waals surface area (Å²) in [7, 11) is 0. The van der Waals surface area contributed by atoms with Crippen LogP contribution in [-0.2, 0) is 9.59 Å². The number of allylic oxidation sites excluding steroid dienone is 2. The number of carbonyl (C=O) groups is 2. The van der Waals surface area contributed by atoms with E-state index in [1.807, 2.05) is 0 Å². The Morgan fingerprint density at radius 2 is 1.25 bits per heavy atom. The highest BCUT2D eigenvalue weighted by Gasteiger charge is 1.83. The van der Waals surface area contributed by atoms with Crippen molar-refractivity contribution >= 4 is 11.6 Å². The number of hydrogen-bond acceptors (Lipinski definition) is 2. The maximum Gasteiger partial charge on any atom is 0.152 e. The van der Waals surface area contributed by atoms with Crippen LogP contribution in [0.25, 0.3) is 0 Å². The van der Waals surface area contributed by atoms with Crippen molar-refractivity contribution in [3.8, 4) is 0 Å². The molecule has 0 saturated heterocycles. The van der Waals surface area contributed by atoms with Gasteiger partial charge in [-0.3, -0.25) is 9.59 Å². The van der Waals surface area contributed by atoms with Crippen LogP contribution < -0.4 is 0 Å². The highest BCUT2D eigenvalue weighted by atomic mass is 16.1. The second kappa shape index (κ2) is 3.13. The van der Waals surface area contributed by atoms with E-state index in [0.717, 1.165) is 0 Å². The Morgan fingerprint density at radius 1 is 1.00 bits per heavy atom. The minimum absolute atomic E-state index is 0.0970. The second-order valence-corrected chi connectivity index (χ2v) is 1.55. The summed E-state index contributed by atoms with van der Waals surface area (Å²) < 4.78 is 0. The fourth-order valence-electron chi connectivity index (χ4n) is 0.235. The molecule has 2 heteroatoms. The van der Waals surface area contributed by atoms with Crippen LogP contribution in [0.5, 0.6) is 0 Å². The van der Waals surface area contributed by atoms with Gasteiger partial charge in [0.2, 0.25) is 0 Å². The molecule has 0 bridgehead atoms. The fraction of sp³-hybridized carbons (Fsp3) is 0.333. The Kier molecular flexibility index (Phi) is 2.77. The molecule has 0 amide bonds. The Hall–Kier alpha value is -0.920. The third-order valence-corrected chi connectivity index (χ3v) is 0.553. The normalized spacial score (nSPS) is 9.75. The van der Waals surface area contributed by atoms with Crippen molar-refractivity contribution in [1.29, 1.82) is 0 Å². The number of rotatable bonds is 2. The largest absolute Gasteiger partial charge is 0.295 e. The average Bonchev–Trinajstić information content (AvgIpc) is 1.61. The average molecular weight is 112 g/mol. The van der Waals surface area contributed by atoms with Crippen LogP contribution in [0.1, 0.15) is 13.8 Å². The summed E-state index contributed by atoms with van der Waals surface area (Å²) in [4.78, 5) is 20.2. The first-order valence-electron chi connectivity index (χ1n) is 2.32. The van der Waals surface area contributed by atoms with Gasteiger partial charge < -0.3 is 0 Å². The Balaban J connectivity index is 3.67. The van der Waals surface area contributed by atoms with Gasteiger partial charge in [-0.2, -0.15) is 0 Å². The molecule has 2 nitrogen and oxygen atoms in total. The number of carbonyl (C=O) groups excluding carboxylic acids is 2. The Morgan fingerprint density at radius 3 is 1.38 bits per heavy atom. The van der Waals surface area contributed by atoms with E-state index in [-0.39, 0.29) is 11.6 Å². The van der Waals surface area contributed by atoms with Gasteiger partial charge in [0.25, 0.3) is 0 Å². The summed E-state index contributed by atoms with van der Waals surface area (Å²) >= 11 is 0. The van der Waals surface area contributed by atoms with Crippen molar-refractivity contribution in [2.75, 3.05) is 0 Å². The lowest BCUT2D eigenvalue weighted by Crippen LogP contribution is -1.85. The minimum Gasteiger partial charge on any atom is -0.295 e. The molecule has 0 aromatic carbocycles. The van der Waals surface area contributed by atoms with Crippen LogP contribution >= 0.6 is 0 Å². The third kappa shape index (κ3) is 5.08. The smallest absolute Gasteiger partial charge is 0.152 e. The highest BCUT2D eigenvalue weighted by Crippen LogP contribution is 1.75. The van der Waals surface area contributed by atoms with E-state index in [9.17, 15) is 9.59 Å². The molecule has 0 aliphatic heterocycles. The predicted molar refractivity (Wildman–Crippen MR) is 30.5 cm³/mol. The Labute approximate surface area is 48.2 Å². The van der Waals surface area contributed by atoms with Gasteiger partial charge in [0.15, 0.2) is 11.6 Å². The maximum atomic E-state index is 10.1. The molecule has 0 fully saturated rings. The van der Waals surface area contributed by atoms with Crippen molar-refractivity contribution in [1.82, 2.24) is 0 Å². The van der Waals surface area contributed by atoms with Gasteiger partial charge in [-0.15, -0.1) is 0 Å². The minimum atomic E-state index is -0.0970. The summed E-state index contributed by atoms with van der Waals surface area (Å²) in [5.41, 5.74) is 0. The zero-order chi connectivity index (χ0) is 6.57. The van der Waals surface area contributed by atoms with E-state index in [1.54, 1.807) is 0 Å². The molecule has 8 heavy (non-hydrogen) atoms. The first-order valence-corrected chi connectivity index (χ1v) is 2.32. The zero-order valence-electron chi connectivity index (χ0n) is 4.97. The van der Waals surface area contributed by atoms with Crippen LogP contribution in [0, 0.1) is 0 Å². The summed E-state index contributed by atoms with van der Waals surface area (Å²) in [6, 6.07) is 0. The predicted octanol–water partition coefficient (Wildman–Crippen LogP) is 0.721. The van der Waals surface area contributed by atoms with Crippen molar-refractivity contribution in [3.05, 3.63) is 12.2 Å². The van der Waals surface area contributed by atoms with Gasteiger partial charge in [-0.25, -0.2) is 0 Å². The SMILES string of the molecule is CC(=O)/C=C\C(C)=O. The molecule has 0 saturated carbocycles. The summed E-state index contributed by atoms with van der Waals surface area (Å²) in [6.07, 6.45) is 2.50. The Bertz CT molecular complexity index is 117. The van der Waals surface area contributed by atoms with E-state index in [4.69, 9.17) is 0 Å². The van der Waals surface area contributed by atoms with Crippen LogP contribution in [0.4, 0.5) is 0 Å². The summed E-state index contributed by atoms with van der Waals surface area (Å²) in [6.45, 7) is 2.80. The number of ketones is 2. The van der Waals surface area contributed by atoms with Crippen LogP contribution in [0.15, 0.2) is 12.2 Å². The van der Waals surface area contributed by atoms with E-state index < -0.39 is 0 Å². The van der Waals surface area contributed by atoms with E-state index in [0.29, 0.717) is 0 Å². The molecule has 0 heterocycles. The second-order valence-electron chi connectivity index (χ2n) is 1.55.